The van der Waals surface area contributed by atoms with Crippen molar-refractivity contribution in [1.29, 1.82) is 0 Å². The molecular weight excluding hydrogens is 335 g/mol. The van der Waals surface area contributed by atoms with Gasteiger partial charge in [0, 0.05) is 6.07 Å². The molecule has 0 unspecified atom stereocenters. The molecule has 0 spiro atoms. The number of hydrogen-bond acceptors (Lipinski definition) is 1. The van der Waals surface area contributed by atoms with Crippen molar-refractivity contribution in [3.63, 3.8) is 0 Å². The van der Waals surface area contributed by atoms with Crippen molar-refractivity contribution in [2.75, 3.05) is 5.32 Å². The van der Waals surface area contributed by atoms with E-state index in [1.807, 2.05) is 0 Å². The third-order valence-electron chi connectivity index (χ3n) is 2.59. The summed E-state index contributed by atoms with van der Waals surface area (Å²) >= 11 is 2.83. The van der Waals surface area contributed by atoms with E-state index in [1.165, 1.54) is 18.2 Å². The molecule has 0 aliphatic carbocycles. The summed E-state index contributed by atoms with van der Waals surface area (Å²) in [4.78, 5) is 11.7. The van der Waals surface area contributed by atoms with E-state index in [2.05, 4.69) is 21.2 Å². The zero-order chi connectivity index (χ0) is 14.7. The van der Waals surface area contributed by atoms with Crippen LogP contribution in [0.4, 0.5) is 18.9 Å². The van der Waals surface area contributed by atoms with E-state index in [0.29, 0.717) is 0 Å². The van der Waals surface area contributed by atoms with Gasteiger partial charge >= 0.3 is 0 Å². The number of halogens is 4. The molecule has 1 amide bonds. The van der Waals surface area contributed by atoms with Crippen LogP contribution in [0.5, 0.6) is 0 Å². The van der Waals surface area contributed by atoms with Gasteiger partial charge in [-0.2, -0.15) is 0 Å². The van der Waals surface area contributed by atoms with Crippen LogP contribution in [0, 0.1) is 17.5 Å². The number of rotatable bonds is 3. The highest BCUT2D eigenvalue weighted by Crippen LogP contribution is 2.23. The Morgan fingerprint density at radius 3 is 2.45 bits per heavy atom. The molecule has 2 rings (SSSR count). The monoisotopic (exact) mass is 343 g/mol. The van der Waals surface area contributed by atoms with Crippen molar-refractivity contribution in [1.82, 2.24) is 0 Å². The minimum Gasteiger partial charge on any atom is -0.323 e. The molecule has 0 atom stereocenters. The first kappa shape index (κ1) is 14.6. The SMILES string of the molecule is O=C(Cc1ccccc1F)Nc1cc(F)c(Br)cc1F. The van der Waals surface area contributed by atoms with Crippen molar-refractivity contribution in [3.8, 4) is 0 Å². The minimum atomic E-state index is -0.778. The molecule has 6 heteroatoms. The lowest BCUT2D eigenvalue weighted by atomic mass is 10.1. The van der Waals surface area contributed by atoms with Crippen LogP contribution in [0.1, 0.15) is 5.56 Å². The third-order valence-corrected chi connectivity index (χ3v) is 3.20. The van der Waals surface area contributed by atoms with Crippen molar-refractivity contribution in [2.24, 2.45) is 0 Å². The van der Waals surface area contributed by atoms with E-state index in [1.54, 1.807) is 6.07 Å². The van der Waals surface area contributed by atoms with E-state index < -0.39 is 23.4 Å². The molecule has 2 nitrogen and oxygen atoms in total. The molecule has 0 fully saturated rings. The molecule has 1 N–H and O–H groups in total. The van der Waals surface area contributed by atoms with Crippen LogP contribution in [0.3, 0.4) is 0 Å². The summed E-state index contributed by atoms with van der Waals surface area (Å²) in [5.74, 6) is -2.63. The highest BCUT2D eigenvalue weighted by molar-refractivity contribution is 9.10. The fourth-order valence-electron chi connectivity index (χ4n) is 1.63. The Hall–Kier alpha value is -1.82. The Kier molecular flexibility index (Phi) is 4.44. The molecule has 0 bridgehead atoms. The number of amides is 1. The van der Waals surface area contributed by atoms with Crippen LogP contribution in [0.2, 0.25) is 0 Å². The van der Waals surface area contributed by atoms with Gasteiger partial charge in [-0.3, -0.25) is 4.79 Å². The molecule has 0 aromatic heterocycles. The molecular formula is C14H9BrF3NO. The Labute approximate surface area is 121 Å². The van der Waals surface area contributed by atoms with E-state index in [9.17, 15) is 18.0 Å². The van der Waals surface area contributed by atoms with Gasteiger partial charge in [0.25, 0.3) is 0 Å². The average molecular weight is 344 g/mol. The van der Waals surface area contributed by atoms with Crippen LogP contribution in [0.15, 0.2) is 40.9 Å². The lowest BCUT2D eigenvalue weighted by molar-refractivity contribution is -0.115. The van der Waals surface area contributed by atoms with Gasteiger partial charge in [0.15, 0.2) is 0 Å². The van der Waals surface area contributed by atoms with E-state index in [-0.39, 0.29) is 22.1 Å². The molecule has 2 aromatic carbocycles. The van der Waals surface area contributed by atoms with Crippen molar-refractivity contribution >= 4 is 27.5 Å². The first-order valence-corrected chi connectivity index (χ1v) is 6.44. The molecule has 104 valence electrons. The zero-order valence-electron chi connectivity index (χ0n) is 10.1. The predicted octanol–water partition coefficient (Wildman–Crippen LogP) is 4.05. The molecule has 0 heterocycles. The molecule has 0 saturated carbocycles. The smallest absolute Gasteiger partial charge is 0.228 e. The van der Waals surface area contributed by atoms with E-state index in [0.717, 1.165) is 12.1 Å². The summed E-state index contributed by atoms with van der Waals surface area (Å²) in [7, 11) is 0. The minimum absolute atomic E-state index is 0.0397. The fourth-order valence-corrected chi connectivity index (χ4v) is 1.94. The number of carbonyl (C=O) groups is 1. The van der Waals surface area contributed by atoms with Gasteiger partial charge in [-0.05, 0) is 33.6 Å². The summed E-state index contributed by atoms with van der Waals surface area (Å²) in [5.41, 5.74) is -0.102. The summed E-state index contributed by atoms with van der Waals surface area (Å²) in [5, 5.41) is 2.21. The maximum Gasteiger partial charge on any atom is 0.228 e. The molecule has 2 aromatic rings. The van der Waals surface area contributed by atoms with Gasteiger partial charge in [0.2, 0.25) is 5.91 Å². The Balaban J connectivity index is 2.13. The number of carbonyl (C=O) groups excluding carboxylic acids is 1. The van der Waals surface area contributed by atoms with Crippen LogP contribution < -0.4 is 5.32 Å². The highest BCUT2D eigenvalue weighted by Gasteiger charge is 2.12. The maximum atomic E-state index is 13.5. The Bertz CT molecular complexity index is 661. The van der Waals surface area contributed by atoms with Crippen LogP contribution >= 0.6 is 15.9 Å². The maximum absolute atomic E-state index is 13.5. The lowest BCUT2D eigenvalue weighted by Gasteiger charge is -2.08. The van der Waals surface area contributed by atoms with Gasteiger partial charge in [-0.1, -0.05) is 18.2 Å². The average Bonchev–Trinajstić information content (AvgIpc) is 2.39. The Morgan fingerprint density at radius 1 is 1.05 bits per heavy atom. The molecule has 0 saturated heterocycles. The van der Waals surface area contributed by atoms with Gasteiger partial charge in [-0.25, -0.2) is 13.2 Å². The third kappa shape index (κ3) is 3.39. The second-order valence-electron chi connectivity index (χ2n) is 4.06. The summed E-state index contributed by atoms with van der Waals surface area (Å²) in [6.07, 6.45) is -0.260. The quantitative estimate of drug-likeness (QED) is 0.837. The topological polar surface area (TPSA) is 29.1 Å². The molecule has 0 aliphatic heterocycles. The van der Waals surface area contributed by atoms with Crippen LogP contribution in [0.25, 0.3) is 0 Å². The summed E-state index contributed by atoms with van der Waals surface area (Å²) in [6.45, 7) is 0. The van der Waals surface area contributed by atoms with Crippen LogP contribution in [-0.4, -0.2) is 5.91 Å². The Morgan fingerprint density at radius 2 is 1.75 bits per heavy atom. The lowest BCUT2D eigenvalue weighted by Crippen LogP contribution is -2.16. The van der Waals surface area contributed by atoms with Gasteiger partial charge in [0.05, 0.1) is 16.6 Å². The number of anilines is 1. The first-order chi connectivity index (χ1) is 9.47. The molecule has 0 radical (unpaired) electrons. The molecule has 0 aliphatic rings. The zero-order valence-corrected chi connectivity index (χ0v) is 11.7. The first-order valence-electron chi connectivity index (χ1n) is 5.65. The van der Waals surface area contributed by atoms with Crippen molar-refractivity contribution < 1.29 is 18.0 Å². The van der Waals surface area contributed by atoms with Gasteiger partial charge in [0.1, 0.15) is 17.5 Å². The predicted molar refractivity (Wildman–Crippen MR) is 72.8 cm³/mol. The number of benzene rings is 2. The normalized spacial score (nSPS) is 10.4. The van der Waals surface area contributed by atoms with Gasteiger partial charge < -0.3 is 5.32 Å². The van der Waals surface area contributed by atoms with E-state index >= 15 is 0 Å². The molecule has 20 heavy (non-hydrogen) atoms. The van der Waals surface area contributed by atoms with Crippen molar-refractivity contribution in [3.05, 3.63) is 63.9 Å². The van der Waals surface area contributed by atoms with Gasteiger partial charge in [-0.15, -0.1) is 0 Å². The fraction of sp³-hybridized carbons (Fsp3) is 0.0714. The van der Waals surface area contributed by atoms with Crippen molar-refractivity contribution in [2.45, 2.75) is 6.42 Å². The summed E-state index contributed by atoms with van der Waals surface area (Å²) < 4.78 is 40.1. The standard InChI is InChI=1S/C14H9BrF3NO/c15-9-6-12(18)13(7-11(9)17)19-14(20)5-8-3-1-2-4-10(8)16/h1-4,6-7H,5H2,(H,19,20). The second-order valence-corrected chi connectivity index (χ2v) is 4.92. The number of nitrogens with one attached hydrogen (secondary N) is 1. The number of hydrogen-bond donors (Lipinski definition) is 1. The highest BCUT2D eigenvalue weighted by atomic mass is 79.9. The summed E-state index contributed by atoms with van der Waals surface area (Å²) in [6, 6.07) is 7.54. The van der Waals surface area contributed by atoms with Crippen LogP contribution in [-0.2, 0) is 11.2 Å². The van der Waals surface area contributed by atoms with E-state index in [4.69, 9.17) is 0 Å². The second kappa shape index (κ2) is 6.09. The largest absolute Gasteiger partial charge is 0.323 e.